The number of rotatable bonds is 13. The van der Waals surface area contributed by atoms with E-state index in [0.29, 0.717) is 33.3 Å². The molecule has 0 aliphatic heterocycles. The van der Waals surface area contributed by atoms with Crippen molar-refractivity contribution in [3.63, 3.8) is 0 Å². The van der Waals surface area contributed by atoms with Gasteiger partial charge in [-0.15, -0.1) is 0 Å². The van der Waals surface area contributed by atoms with Crippen molar-refractivity contribution in [2.75, 3.05) is 25.6 Å². The number of methoxy groups -OCH3 is 1. The summed E-state index contributed by atoms with van der Waals surface area (Å²) in [6, 6.07) is 14.7. The Kier molecular flexibility index (Phi) is 12.5. The Bertz CT molecular complexity index is 1530. The summed E-state index contributed by atoms with van der Waals surface area (Å²) in [7, 11) is 1.44. The van der Waals surface area contributed by atoms with Gasteiger partial charge in [0, 0.05) is 11.3 Å². The van der Waals surface area contributed by atoms with E-state index in [4.69, 9.17) is 37.4 Å². The zero-order chi connectivity index (χ0) is 32.2. The van der Waals surface area contributed by atoms with Crippen LogP contribution in [0.2, 0.25) is 10.0 Å². The molecule has 0 heterocycles. The quantitative estimate of drug-likeness (QED) is 0.134. The minimum atomic E-state index is -0.874. The number of nitrogens with zero attached hydrogens (tertiary/aromatic N) is 1. The smallest absolute Gasteiger partial charge is 0.338 e. The Labute approximate surface area is 264 Å². The summed E-state index contributed by atoms with van der Waals surface area (Å²) in [5, 5.41) is 9.91. The monoisotopic (exact) mass is 642 g/mol. The normalized spacial score (nSPS) is 11.5. The molecule has 1 unspecified atom stereocenters. The van der Waals surface area contributed by atoms with Crippen LogP contribution in [0.5, 0.6) is 11.5 Å². The fourth-order valence-corrected chi connectivity index (χ4v) is 4.06. The van der Waals surface area contributed by atoms with Crippen molar-refractivity contribution < 1.29 is 33.4 Å². The highest BCUT2D eigenvalue weighted by atomic mass is 35.5. The van der Waals surface area contributed by atoms with E-state index < -0.39 is 29.7 Å². The third-order valence-corrected chi connectivity index (χ3v) is 6.77. The second-order valence-electron chi connectivity index (χ2n) is 9.60. The zero-order valence-electron chi connectivity index (χ0n) is 24.5. The molecular formula is C31H32Cl2N4O7. The van der Waals surface area contributed by atoms with E-state index in [1.165, 1.54) is 31.5 Å². The van der Waals surface area contributed by atoms with Gasteiger partial charge in [-0.3, -0.25) is 14.4 Å². The number of anilines is 1. The van der Waals surface area contributed by atoms with E-state index in [0.717, 1.165) is 0 Å². The molecule has 13 heteroatoms. The first-order valence-corrected chi connectivity index (χ1v) is 14.2. The molecule has 1 atom stereocenters. The Hall–Kier alpha value is -4.61. The summed E-state index contributed by atoms with van der Waals surface area (Å²) in [6.45, 7) is 5.26. The summed E-state index contributed by atoms with van der Waals surface area (Å²) in [4.78, 5) is 49.6. The maximum Gasteiger partial charge on any atom is 0.338 e. The number of hydrazone groups is 1. The fraction of sp³-hybridized carbons (Fsp3) is 0.258. The van der Waals surface area contributed by atoms with E-state index in [1.807, 2.05) is 0 Å². The van der Waals surface area contributed by atoms with Gasteiger partial charge in [-0.2, -0.15) is 5.10 Å². The molecule has 232 valence electrons. The van der Waals surface area contributed by atoms with E-state index in [9.17, 15) is 19.2 Å². The van der Waals surface area contributed by atoms with Gasteiger partial charge in [0.05, 0.1) is 35.5 Å². The van der Waals surface area contributed by atoms with Gasteiger partial charge in [0.25, 0.3) is 17.7 Å². The van der Waals surface area contributed by atoms with Crippen LogP contribution >= 0.6 is 23.2 Å². The van der Waals surface area contributed by atoms with Crippen molar-refractivity contribution in [3.8, 4) is 11.5 Å². The van der Waals surface area contributed by atoms with Crippen molar-refractivity contribution >= 4 is 58.8 Å². The molecule has 0 spiro atoms. The minimum absolute atomic E-state index is 0.226. The number of hydrogen-bond acceptors (Lipinski definition) is 8. The molecule has 3 N–H and O–H groups in total. The lowest BCUT2D eigenvalue weighted by Gasteiger charge is -2.20. The lowest BCUT2D eigenvalue weighted by Crippen LogP contribution is -2.48. The van der Waals surface area contributed by atoms with Crippen LogP contribution in [0.1, 0.15) is 47.1 Å². The number of carbonyl (C=O) groups is 4. The van der Waals surface area contributed by atoms with Crippen LogP contribution in [0.4, 0.5) is 5.69 Å². The lowest BCUT2D eigenvalue weighted by molar-refractivity contribution is -0.124. The molecule has 44 heavy (non-hydrogen) atoms. The summed E-state index contributed by atoms with van der Waals surface area (Å²) < 4.78 is 15.9. The molecule has 0 aliphatic carbocycles. The van der Waals surface area contributed by atoms with Gasteiger partial charge in [-0.05, 0) is 79.1 Å². The van der Waals surface area contributed by atoms with Crippen LogP contribution in [0, 0.1) is 5.92 Å². The molecule has 0 bridgehead atoms. The SMILES string of the molecule is CCOC(=O)c1ccc(NC(=O)COc2ccc(/C=N/NC(=O)C(NC(=O)c3ccc(Cl)c(Cl)c3)C(C)C)cc2OC)cc1. The number of benzene rings is 3. The number of esters is 1. The molecule has 0 saturated heterocycles. The second-order valence-corrected chi connectivity index (χ2v) is 10.4. The van der Waals surface area contributed by atoms with Crippen LogP contribution < -0.4 is 25.5 Å². The second kappa shape index (κ2) is 16.3. The summed E-state index contributed by atoms with van der Waals surface area (Å²) in [5.74, 6) is -1.46. The van der Waals surface area contributed by atoms with Crippen molar-refractivity contribution in [2.45, 2.75) is 26.8 Å². The van der Waals surface area contributed by atoms with Crippen LogP contribution in [-0.2, 0) is 14.3 Å². The first kappa shape index (κ1) is 33.9. The van der Waals surface area contributed by atoms with Gasteiger partial charge in [-0.25, -0.2) is 10.2 Å². The van der Waals surface area contributed by atoms with E-state index in [2.05, 4.69) is 21.2 Å². The first-order valence-electron chi connectivity index (χ1n) is 13.5. The van der Waals surface area contributed by atoms with E-state index in [1.54, 1.807) is 63.2 Å². The van der Waals surface area contributed by atoms with Crippen LogP contribution in [0.25, 0.3) is 0 Å². The third kappa shape index (κ3) is 9.72. The predicted octanol–water partition coefficient (Wildman–Crippen LogP) is 5.10. The highest BCUT2D eigenvalue weighted by Crippen LogP contribution is 2.27. The Morgan fingerprint density at radius 1 is 0.909 bits per heavy atom. The molecule has 0 fully saturated rings. The number of ether oxygens (including phenoxy) is 3. The molecule has 0 saturated carbocycles. The Morgan fingerprint density at radius 2 is 1.61 bits per heavy atom. The molecule has 0 radical (unpaired) electrons. The highest BCUT2D eigenvalue weighted by Gasteiger charge is 2.25. The lowest BCUT2D eigenvalue weighted by atomic mass is 10.0. The number of nitrogens with one attached hydrogen (secondary N) is 3. The van der Waals surface area contributed by atoms with Gasteiger partial charge in [0.1, 0.15) is 6.04 Å². The van der Waals surface area contributed by atoms with Gasteiger partial charge in [0.2, 0.25) is 0 Å². The molecular weight excluding hydrogens is 611 g/mol. The fourth-order valence-electron chi connectivity index (χ4n) is 3.77. The van der Waals surface area contributed by atoms with Gasteiger partial charge in [0.15, 0.2) is 18.1 Å². The highest BCUT2D eigenvalue weighted by molar-refractivity contribution is 6.42. The molecule has 3 aromatic rings. The summed E-state index contributed by atoms with van der Waals surface area (Å²) in [6.07, 6.45) is 1.40. The Balaban J connectivity index is 1.55. The largest absolute Gasteiger partial charge is 0.493 e. The van der Waals surface area contributed by atoms with Gasteiger partial charge in [-0.1, -0.05) is 37.0 Å². The van der Waals surface area contributed by atoms with E-state index >= 15 is 0 Å². The van der Waals surface area contributed by atoms with Crippen molar-refractivity contribution in [1.82, 2.24) is 10.7 Å². The summed E-state index contributed by atoms with van der Waals surface area (Å²) >= 11 is 11.9. The number of hydrogen-bond donors (Lipinski definition) is 3. The van der Waals surface area contributed by atoms with E-state index in [-0.39, 0.29) is 29.7 Å². The molecule has 11 nitrogen and oxygen atoms in total. The van der Waals surface area contributed by atoms with Gasteiger partial charge < -0.3 is 24.8 Å². The molecule has 3 rings (SSSR count). The number of carbonyl (C=O) groups excluding carboxylic acids is 4. The maximum atomic E-state index is 12.8. The number of amides is 3. The molecule has 0 aliphatic rings. The van der Waals surface area contributed by atoms with Crippen LogP contribution in [-0.4, -0.2) is 56.3 Å². The minimum Gasteiger partial charge on any atom is -0.493 e. The standard InChI is InChI=1S/C31H32Cl2N4O7/c1-5-43-31(41)20-7-10-22(11-8-20)35-27(38)17-44-25-13-6-19(14-26(25)42-4)16-34-37-30(40)28(18(2)3)36-29(39)21-9-12-23(32)24(33)15-21/h6-16,18,28H,5,17H2,1-4H3,(H,35,38)(H,36,39)(H,37,40)/b34-16+. The third-order valence-electron chi connectivity index (χ3n) is 6.03. The zero-order valence-corrected chi connectivity index (χ0v) is 26.0. The van der Waals surface area contributed by atoms with Crippen LogP contribution in [0.3, 0.4) is 0 Å². The molecule has 3 amide bonds. The van der Waals surface area contributed by atoms with Gasteiger partial charge >= 0.3 is 5.97 Å². The maximum absolute atomic E-state index is 12.8. The number of halogens is 2. The Morgan fingerprint density at radius 3 is 2.25 bits per heavy atom. The topological polar surface area (TPSA) is 144 Å². The average Bonchev–Trinajstić information content (AvgIpc) is 3.00. The predicted molar refractivity (Wildman–Crippen MR) is 168 cm³/mol. The van der Waals surface area contributed by atoms with Crippen molar-refractivity contribution in [2.24, 2.45) is 11.0 Å². The molecule has 3 aromatic carbocycles. The van der Waals surface area contributed by atoms with Crippen molar-refractivity contribution in [1.29, 1.82) is 0 Å². The molecule has 0 aromatic heterocycles. The first-order chi connectivity index (χ1) is 21.0. The van der Waals surface area contributed by atoms with Crippen LogP contribution in [0.15, 0.2) is 65.8 Å². The average molecular weight is 644 g/mol. The summed E-state index contributed by atoms with van der Waals surface area (Å²) in [5.41, 5.74) is 4.13. The van der Waals surface area contributed by atoms with Crippen molar-refractivity contribution in [3.05, 3.63) is 87.4 Å².